The van der Waals surface area contributed by atoms with Gasteiger partial charge in [-0.15, -0.1) is 0 Å². The topological polar surface area (TPSA) is 142 Å². The second-order valence-electron chi connectivity index (χ2n) is 10.3. The van der Waals surface area contributed by atoms with Gasteiger partial charge in [0.1, 0.15) is 28.6 Å². The summed E-state index contributed by atoms with van der Waals surface area (Å²) in [7, 11) is 1.35. The Bertz CT molecular complexity index is 1830. The van der Waals surface area contributed by atoms with Crippen molar-refractivity contribution in [1.82, 2.24) is 20.1 Å². The average Bonchev–Trinajstić information content (AvgIpc) is 3.76. The number of fused-ring (bicyclic) bond motifs is 1. The van der Waals surface area contributed by atoms with E-state index in [0.29, 0.717) is 17.0 Å². The SMILES string of the molecule is CCOc1c(C(N)=O)cc([C@](O)(CNC(=O)c2cc(OC)c3nn(C4CC4)cc3c2)C(F)(F)F)nc1-c1ccc(F)c(Br)c1F. The summed E-state index contributed by atoms with van der Waals surface area (Å²) < 4.78 is 84.8. The van der Waals surface area contributed by atoms with Crippen LogP contribution in [0.2, 0.25) is 0 Å². The minimum atomic E-state index is -5.50. The zero-order valence-electron chi connectivity index (χ0n) is 23.6. The molecule has 1 aliphatic carbocycles. The fraction of sp³-hybridized carbons (Fsp3) is 0.310. The molecule has 1 saturated carbocycles. The van der Waals surface area contributed by atoms with Crippen LogP contribution in [0, 0.1) is 11.6 Å². The number of benzene rings is 2. The van der Waals surface area contributed by atoms with Gasteiger partial charge in [0.05, 0.1) is 42.0 Å². The summed E-state index contributed by atoms with van der Waals surface area (Å²) in [6, 6.07) is 5.16. The Morgan fingerprint density at radius 3 is 2.51 bits per heavy atom. The van der Waals surface area contributed by atoms with Crippen LogP contribution in [0.15, 0.2) is 41.0 Å². The van der Waals surface area contributed by atoms with E-state index in [1.807, 2.05) is 0 Å². The fourth-order valence-corrected chi connectivity index (χ4v) is 5.04. The molecule has 4 N–H and O–H groups in total. The van der Waals surface area contributed by atoms with Gasteiger partial charge in [-0.05, 0) is 66.0 Å². The van der Waals surface area contributed by atoms with Crippen LogP contribution in [-0.2, 0) is 5.60 Å². The smallest absolute Gasteiger partial charge is 0.424 e. The van der Waals surface area contributed by atoms with Crippen LogP contribution in [0.25, 0.3) is 22.2 Å². The normalized spacial score (nSPS) is 14.7. The van der Waals surface area contributed by atoms with Crippen molar-refractivity contribution in [3.8, 4) is 22.8 Å². The number of aromatic nitrogens is 3. The van der Waals surface area contributed by atoms with E-state index in [9.17, 15) is 32.3 Å². The summed E-state index contributed by atoms with van der Waals surface area (Å²) in [6.07, 6.45) is -1.93. The number of carbonyl (C=O) groups excluding carboxylic acids is 2. The van der Waals surface area contributed by atoms with E-state index in [-0.39, 0.29) is 24.0 Å². The van der Waals surface area contributed by atoms with Crippen molar-refractivity contribution in [2.45, 2.75) is 37.6 Å². The number of methoxy groups -OCH3 is 1. The molecular weight excluding hydrogens is 673 g/mol. The first kappa shape index (κ1) is 32.1. The highest BCUT2D eigenvalue weighted by molar-refractivity contribution is 9.10. The van der Waals surface area contributed by atoms with Gasteiger partial charge in [0.25, 0.3) is 11.8 Å². The van der Waals surface area contributed by atoms with Crippen LogP contribution < -0.4 is 20.5 Å². The molecule has 2 heterocycles. The van der Waals surface area contributed by atoms with Crippen LogP contribution in [0.1, 0.15) is 52.2 Å². The third-order valence-corrected chi connectivity index (χ3v) is 7.94. The zero-order chi connectivity index (χ0) is 32.8. The highest BCUT2D eigenvalue weighted by Gasteiger charge is 2.57. The fourth-order valence-electron chi connectivity index (χ4n) is 4.69. The number of nitrogens with two attached hydrogens (primary N) is 1. The molecule has 0 unspecified atom stereocenters. The molecule has 0 aliphatic heterocycles. The number of aliphatic hydroxyl groups is 1. The van der Waals surface area contributed by atoms with Gasteiger partial charge in [-0.2, -0.15) is 18.3 Å². The Hall–Kier alpha value is -4.31. The first-order valence-corrected chi connectivity index (χ1v) is 14.3. The number of halogens is 6. The quantitative estimate of drug-likeness (QED) is 0.154. The van der Waals surface area contributed by atoms with Gasteiger partial charge in [0.15, 0.2) is 5.75 Å². The molecule has 10 nitrogen and oxygen atoms in total. The molecule has 1 aliphatic rings. The van der Waals surface area contributed by atoms with Crippen LogP contribution >= 0.6 is 15.9 Å². The molecule has 45 heavy (non-hydrogen) atoms. The van der Waals surface area contributed by atoms with Gasteiger partial charge in [-0.25, -0.2) is 13.8 Å². The predicted octanol–water partition coefficient (Wildman–Crippen LogP) is 5.16. The van der Waals surface area contributed by atoms with E-state index in [1.54, 1.807) is 10.9 Å². The summed E-state index contributed by atoms with van der Waals surface area (Å²) in [4.78, 5) is 29.4. The Labute approximate surface area is 260 Å². The first-order valence-electron chi connectivity index (χ1n) is 13.5. The second kappa shape index (κ2) is 11.9. The van der Waals surface area contributed by atoms with E-state index in [0.717, 1.165) is 25.0 Å². The van der Waals surface area contributed by atoms with Gasteiger partial charge < -0.3 is 25.6 Å². The van der Waals surface area contributed by atoms with E-state index in [1.165, 1.54) is 26.2 Å². The molecular formula is C29H25BrF5N5O5. The molecule has 0 spiro atoms. The molecule has 2 amide bonds. The van der Waals surface area contributed by atoms with Gasteiger partial charge in [-0.1, -0.05) is 0 Å². The maximum absolute atomic E-state index is 15.2. The number of rotatable bonds is 10. The number of hydrogen-bond acceptors (Lipinski definition) is 7. The lowest BCUT2D eigenvalue weighted by atomic mass is 9.94. The van der Waals surface area contributed by atoms with Gasteiger partial charge >= 0.3 is 6.18 Å². The summed E-state index contributed by atoms with van der Waals surface area (Å²) in [5.41, 5.74) is -1.22. The average molecular weight is 698 g/mol. The highest BCUT2D eigenvalue weighted by Crippen LogP contribution is 2.43. The van der Waals surface area contributed by atoms with E-state index >= 15 is 4.39 Å². The number of carbonyl (C=O) groups is 2. The lowest BCUT2D eigenvalue weighted by Crippen LogP contribution is -2.51. The number of amides is 2. The Morgan fingerprint density at radius 2 is 1.91 bits per heavy atom. The van der Waals surface area contributed by atoms with Gasteiger partial charge in [0.2, 0.25) is 5.60 Å². The van der Waals surface area contributed by atoms with Crippen molar-refractivity contribution in [3.05, 3.63) is 69.5 Å². The zero-order valence-corrected chi connectivity index (χ0v) is 25.2. The minimum absolute atomic E-state index is 0.0874. The number of nitrogens with one attached hydrogen (secondary N) is 1. The second-order valence-corrected chi connectivity index (χ2v) is 11.0. The maximum atomic E-state index is 15.2. The number of hydrogen-bond donors (Lipinski definition) is 3. The van der Waals surface area contributed by atoms with Gasteiger partial charge in [0, 0.05) is 22.7 Å². The number of primary amides is 1. The molecule has 0 bridgehead atoms. The standard InChI is InChI=1S/C29H25BrF5N5O5/c1-3-45-25-17(26(36)41)10-20(38-24(25)16-6-7-18(31)21(30)22(16)32)28(43,29(33,34)35)12-37-27(42)13-8-14-11-40(15-4-5-15)39-23(14)19(9-13)44-2/h6-11,15,43H,3-5,12H2,1-2H3,(H2,36,41)(H,37,42)/t28-/m1/s1. The molecule has 1 fully saturated rings. The number of alkyl halides is 3. The van der Waals surface area contributed by atoms with E-state index < -0.39 is 74.5 Å². The Kier molecular flexibility index (Phi) is 8.48. The molecule has 0 radical (unpaired) electrons. The minimum Gasteiger partial charge on any atom is -0.494 e. The van der Waals surface area contributed by atoms with Crippen LogP contribution in [-0.4, -0.2) is 58.1 Å². The monoisotopic (exact) mass is 697 g/mol. The molecule has 4 aromatic rings. The van der Waals surface area contributed by atoms with Crippen molar-refractivity contribution in [3.63, 3.8) is 0 Å². The van der Waals surface area contributed by atoms with Crippen molar-refractivity contribution in [2.24, 2.45) is 5.73 Å². The maximum Gasteiger partial charge on any atom is 0.424 e. The van der Waals surface area contributed by atoms with Gasteiger partial charge in [-0.3, -0.25) is 14.3 Å². The third kappa shape index (κ3) is 5.91. The molecule has 0 saturated heterocycles. The Morgan fingerprint density at radius 1 is 1.20 bits per heavy atom. The first-order chi connectivity index (χ1) is 21.2. The van der Waals surface area contributed by atoms with Crippen molar-refractivity contribution in [2.75, 3.05) is 20.3 Å². The molecule has 5 rings (SSSR count). The van der Waals surface area contributed by atoms with Crippen LogP contribution in [0.5, 0.6) is 11.5 Å². The summed E-state index contributed by atoms with van der Waals surface area (Å²) >= 11 is 2.73. The summed E-state index contributed by atoms with van der Waals surface area (Å²) in [5, 5.41) is 18.2. The predicted molar refractivity (Wildman–Crippen MR) is 154 cm³/mol. The lowest BCUT2D eigenvalue weighted by molar-refractivity contribution is -0.265. The molecule has 2 aromatic carbocycles. The highest BCUT2D eigenvalue weighted by atomic mass is 79.9. The summed E-state index contributed by atoms with van der Waals surface area (Å²) in [5.74, 6) is -4.87. The third-order valence-electron chi connectivity index (χ3n) is 7.21. The number of nitrogens with zero attached hydrogens (tertiary/aromatic N) is 3. The van der Waals surface area contributed by atoms with Crippen LogP contribution in [0.4, 0.5) is 22.0 Å². The molecule has 2 aromatic heterocycles. The van der Waals surface area contributed by atoms with E-state index in [4.69, 9.17) is 15.2 Å². The summed E-state index contributed by atoms with van der Waals surface area (Å²) in [6.45, 7) is -0.152. The lowest BCUT2D eigenvalue weighted by Gasteiger charge is -2.31. The number of ether oxygens (including phenoxy) is 2. The van der Waals surface area contributed by atoms with Crippen LogP contribution in [0.3, 0.4) is 0 Å². The number of pyridine rings is 1. The van der Waals surface area contributed by atoms with Crippen molar-refractivity contribution < 1.29 is 46.1 Å². The molecule has 238 valence electrons. The Balaban J connectivity index is 1.58. The van der Waals surface area contributed by atoms with Crippen molar-refractivity contribution in [1.29, 1.82) is 0 Å². The van der Waals surface area contributed by atoms with E-state index in [2.05, 4.69) is 31.3 Å². The van der Waals surface area contributed by atoms with Crippen molar-refractivity contribution >= 4 is 38.6 Å². The molecule has 1 atom stereocenters. The largest absolute Gasteiger partial charge is 0.494 e. The molecule has 16 heteroatoms.